The molecule has 1 heterocycles. The molecular weight excluding hydrogens is 403 g/mol. The first-order valence-electron chi connectivity index (χ1n) is 6.53. The van der Waals surface area contributed by atoms with Crippen molar-refractivity contribution in [3.8, 4) is 0 Å². The fourth-order valence-corrected chi connectivity index (χ4v) is 2.65. The van der Waals surface area contributed by atoms with Gasteiger partial charge in [-0.05, 0) is 42.0 Å². The molecule has 1 saturated heterocycles. The van der Waals surface area contributed by atoms with Crippen molar-refractivity contribution in [2.75, 3.05) is 5.01 Å². The van der Waals surface area contributed by atoms with E-state index in [1.807, 2.05) is 12.1 Å². The average Bonchev–Trinajstić information content (AvgIpc) is 2.80. The molecule has 0 radical (unpaired) electrons. The second-order valence-electron chi connectivity index (χ2n) is 4.79. The van der Waals surface area contributed by atoms with E-state index in [2.05, 4.69) is 21.4 Å². The van der Waals surface area contributed by atoms with Gasteiger partial charge in [0, 0.05) is 4.47 Å². The quantitative estimate of drug-likeness (QED) is 0.594. The number of benzene rings is 2. The third-order valence-electron chi connectivity index (χ3n) is 3.23. The van der Waals surface area contributed by atoms with Gasteiger partial charge < -0.3 is 0 Å². The van der Waals surface area contributed by atoms with Gasteiger partial charge in [-0.15, -0.1) is 0 Å². The maximum atomic E-state index is 12.5. The number of nitrogens with zero attached hydrogens (tertiary/aromatic N) is 1. The third-order valence-corrected chi connectivity index (χ3v) is 4.50. The van der Waals surface area contributed by atoms with Gasteiger partial charge >= 0.3 is 0 Å². The van der Waals surface area contributed by atoms with E-state index in [0.717, 1.165) is 15.0 Å². The molecule has 0 aliphatic carbocycles. The Labute approximate surface area is 150 Å². The average molecular weight is 412 g/mol. The number of hydrogen-bond acceptors (Lipinski definition) is 2. The highest BCUT2D eigenvalue weighted by Gasteiger charge is 2.34. The minimum Gasteiger partial charge on any atom is -0.267 e. The van der Waals surface area contributed by atoms with Crippen molar-refractivity contribution < 1.29 is 9.59 Å². The zero-order chi connectivity index (χ0) is 16.6. The fourth-order valence-electron chi connectivity index (χ4n) is 2.09. The predicted octanol–water partition coefficient (Wildman–Crippen LogP) is 4.22. The van der Waals surface area contributed by atoms with Crippen LogP contribution in [0, 0.1) is 0 Å². The number of carbonyl (C=O) groups excluding carboxylic acids is 2. The number of amides is 2. The zero-order valence-electron chi connectivity index (χ0n) is 11.5. The summed E-state index contributed by atoms with van der Waals surface area (Å²) in [5.41, 5.74) is 3.76. The molecule has 2 aromatic rings. The maximum Gasteiger partial charge on any atom is 0.282 e. The van der Waals surface area contributed by atoms with Crippen LogP contribution in [0.25, 0.3) is 6.08 Å². The molecule has 0 atom stereocenters. The van der Waals surface area contributed by atoms with Gasteiger partial charge in [-0.1, -0.05) is 51.3 Å². The number of rotatable bonds is 2. The second-order valence-corrected chi connectivity index (χ2v) is 6.52. The molecule has 2 aromatic carbocycles. The molecule has 0 saturated carbocycles. The summed E-state index contributed by atoms with van der Waals surface area (Å²) in [6, 6.07) is 12.0. The standard InChI is InChI=1S/C16H9BrCl2N2O2/c17-10-3-1-9(2-4-10)7-12-15(22)20-21(16(12)23)11-5-6-13(18)14(19)8-11/h1-8H,(H,20,22)/b12-7-. The summed E-state index contributed by atoms with van der Waals surface area (Å²) in [7, 11) is 0. The van der Waals surface area contributed by atoms with Gasteiger partial charge in [0.15, 0.2) is 0 Å². The molecule has 2 amide bonds. The zero-order valence-corrected chi connectivity index (χ0v) is 14.6. The van der Waals surface area contributed by atoms with Crippen molar-refractivity contribution >= 4 is 62.7 Å². The number of hydrazine groups is 1. The highest BCUT2D eigenvalue weighted by molar-refractivity contribution is 9.10. The molecule has 1 N–H and O–H groups in total. The Morgan fingerprint density at radius 2 is 1.70 bits per heavy atom. The van der Waals surface area contributed by atoms with Crippen LogP contribution in [0.5, 0.6) is 0 Å². The van der Waals surface area contributed by atoms with E-state index in [1.54, 1.807) is 30.3 Å². The first-order valence-corrected chi connectivity index (χ1v) is 8.08. The summed E-state index contributed by atoms with van der Waals surface area (Å²) in [4.78, 5) is 24.6. The molecule has 1 fully saturated rings. The molecule has 0 spiro atoms. The van der Waals surface area contributed by atoms with Crippen molar-refractivity contribution in [2.45, 2.75) is 0 Å². The van der Waals surface area contributed by atoms with Gasteiger partial charge in [-0.2, -0.15) is 0 Å². The molecule has 23 heavy (non-hydrogen) atoms. The van der Waals surface area contributed by atoms with Crippen LogP contribution >= 0.6 is 39.1 Å². The number of hydrogen-bond donors (Lipinski definition) is 1. The van der Waals surface area contributed by atoms with E-state index in [-0.39, 0.29) is 5.57 Å². The predicted molar refractivity (Wildman–Crippen MR) is 94.2 cm³/mol. The minimum absolute atomic E-state index is 0.0541. The Morgan fingerprint density at radius 3 is 2.35 bits per heavy atom. The highest BCUT2D eigenvalue weighted by atomic mass is 79.9. The number of anilines is 1. The van der Waals surface area contributed by atoms with Crippen molar-refractivity contribution in [1.82, 2.24) is 5.43 Å². The van der Waals surface area contributed by atoms with Gasteiger partial charge in [-0.3, -0.25) is 15.0 Å². The Kier molecular flexibility index (Phi) is 4.43. The number of nitrogens with one attached hydrogen (secondary N) is 1. The minimum atomic E-state index is -0.469. The van der Waals surface area contributed by atoms with E-state index in [1.165, 1.54) is 6.07 Å². The summed E-state index contributed by atoms with van der Waals surface area (Å²) < 4.78 is 0.916. The Hall–Kier alpha value is -1.82. The van der Waals surface area contributed by atoms with Crippen molar-refractivity contribution in [1.29, 1.82) is 0 Å². The summed E-state index contributed by atoms with van der Waals surface area (Å²) in [6.45, 7) is 0. The van der Waals surface area contributed by atoms with Crippen LogP contribution in [-0.4, -0.2) is 11.8 Å². The van der Waals surface area contributed by atoms with E-state index in [9.17, 15) is 9.59 Å². The van der Waals surface area contributed by atoms with E-state index in [4.69, 9.17) is 23.2 Å². The summed E-state index contributed by atoms with van der Waals surface area (Å²) in [5, 5.41) is 1.82. The lowest BCUT2D eigenvalue weighted by molar-refractivity contribution is -0.117. The van der Waals surface area contributed by atoms with Gasteiger partial charge in [0.1, 0.15) is 5.57 Å². The van der Waals surface area contributed by atoms with Crippen LogP contribution in [0.3, 0.4) is 0 Å². The van der Waals surface area contributed by atoms with Gasteiger partial charge in [-0.25, -0.2) is 5.01 Å². The molecule has 0 bridgehead atoms. The molecule has 116 valence electrons. The Morgan fingerprint density at radius 1 is 1.00 bits per heavy atom. The van der Waals surface area contributed by atoms with Crippen LogP contribution in [-0.2, 0) is 9.59 Å². The van der Waals surface area contributed by atoms with Gasteiger partial charge in [0.25, 0.3) is 11.8 Å². The smallest absolute Gasteiger partial charge is 0.267 e. The normalized spacial score (nSPS) is 16.1. The molecule has 0 aromatic heterocycles. The monoisotopic (exact) mass is 410 g/mol. The van der Waals surface area contributed by atoms with E-state index in [0.29, 0.717) is 15.7 Å². The van der Waals surface area contributed by atoms with Crippen LogP contribution in [0.2, 0.25) is 10.0 Å². The first kappa shape index (κ1) is 16.1. The number of carbonyl (C=O) groups is 2. The van der Waals surface area contributed by atoms with E-state index >= 15 is 0 Å². The van der Waals surface area contributed by atoms with Crippen molar-refractivity contribution in [3.05, 3.63) is 68.1 Å². The van der Waals surface area contributed by atoms with Crippen molar-refractivity contribution in [3.63, 3.8) is 0 Å². The van der Waals surface area contributed by atoms with Gasteiger partial charge in [0.05, 0.1) is 15.7 Å². The molecule has 3 rings (SSSR count). The molecule has 1 aliphatic heterocycles. The summed E-state index contributed by atoms with van der Waals surface area (Å²) in [5.74, 6) is -0.916. The summed E-state index contributed by atoms with van der Waals surface area (Å²) in [6.07, 6.45) is 1.54. The topological polar surface area (TPSA) is 49.4 Å². The lowest BCUT2D eigenvalue weighted by Gasteiger charge is -2.15. The highest BCUT2D eigenvalue weighted by Crippen LogP contribution is 2.29. The van der Waals surface area contributed by atoms with Crippen LogP contribution in [0.15, 0.2) is 52.5 Å². The molecule has 0 unspecified atom stereocenters. The largest absolute Gasteiger partial charge is 0.282 e. The van der Waals surface area contributed by atoms with Gasteiger partial charge in [0.2, 0.25) is 0 Å². The molecule has 1 aliphatic rings. The fraction of sp³-hybridized carbons (Fsp3) is 0. The Bertz CT molecular complexity index is 834. The molecular formula is C16H9BrCl2N2O2. The number of halogens is 3. The van der Waals surface area contributed by atoms with Crippen LogP contribution < -0.4 is 10.4 Å². The lowest BCUT2D eigenvalue weighted by atomic mass is 10.1. The van der Waals surface area contributed by atoms with Crippen molar-refractivity contribution in [2.24, 2.45) is 0 Å². The van der Waals surface area contributed by atoms with Crippen LogP contribution in [0.4, 0.5) is 5.69 Å². The third kappa shape index (κ3) is 3.27. The lowest BCUT2D eigenvalue weighted by Crippen LogP contribution is -2.35. The summed E-state index contributed by atoms with van der Waals surface area (Å²) >= 11 is 15.2. The SMILES string of the molecule is O=C1NN(c2ccc(Cl)c(Cl)c2)C(=O)/C1=C\c1ccc(Br)cc1. The molecule has 4 nitrogen and oxygen atoms in total. The molecule has 7 heteroatoms. The Balaban J connectivity index is 1.93. The van der Waals surface area contributed by atoms with E-state index < -0.39 is 11.8 Å². The maximum absolute atomic E-state index is 12.5. The van der Waals surface area contributed by atoms with Crippen LogP contribution in [0.1, 0.15) is 5.56 Å². The second kappa shape index (κ2) is 6.35. The first-order chi connectivity index (χ1) is 11.0.